The van der Waals surface area contributed by atoms with Gasteiger partial charge in [0.15, 0.2) is 5.82 Å². The lowest BCUT2D eigenvalue weighted by Gasteiger charge is -2.08. The first-order valence-electron chi connectivity index (χ1n) is 4.90. The van der Waals surface area contributed by atoms with E-state index in [2.05, 4.69) is 9.97 Å². The zero-order chi connectivity index (χ0) is 11.4. The Labute approximate surface area is 99.1 Å². The Hall–Kier alpha value is -1.61. The molecule has 0 amide bonds. The van der Waals surface area contributed by atoms with Crippen LogP contribution in [-0.4, -0.2) is 9.97 Å². The molecule has 0 aliphatic carbocycles. The zero-order valence-corrected chi connectivity index (χ0v) is 9.61. The molecule has 2 rings (SSSR count). The van der Waals surface area contributed by atoms with E-state index in [9.17, 15) is 0 Å². The van der Waals surface area contributed by atoms with E-state index in [-0.39, 0.29) is 0 Å². The topological polar surface area (TPSA) is 35.0 Å². The highest BCUT2D eigenvalue weighted by Gasteiger charge is 2.02. The Bertz CT molecular complexity index is 474. The number of rotatable bonds is 3. The summed E-state index contributed by atoms with van der Waals surface area (Å²) in [5.74, 6) is 1.42. The van der Waals surface area contributed by atoms with Gasteiger partial charge in [-0.15, -0.1) is 0 Å². The molecule has 0 saturated carbocycles. The Balaban J connectivity index is 2.08. The van der Waals surface area contributed by atoms with Gasteiger partial charge in [-0.25, -0.2) is 9.97 Å². The average molecular weight is 235 g/mol. The minimum Gasteiger partial charge on any atom is -0.485 e. The van der Waals surface area contributed by atoms with Gasteiger partial charge < -0.3 is 4.74 Å². The van der Waals surface area contributed by atoms with Crippen molar-refractivity contribution in [2.75, 3.05) is 0 Å². The van der Waals surface area contributed by atoms with Gasteiger partial charge in [0.1, 0.15) is 12.4 Å². The normalized spacial score (nSPS) is 10.1. The van der Waals surface area contributed by atoms with Crippen molar-refractivity contribution in [3.63, 3.8) is 0 Å². The van der Waals surface area contributed by atoms with Gasteiger partial charge in [-0.2, -0.15) is 0 Å². The molecule has 0 unspecified atom stereocenters. The minimum absolute atomic E-state index is 0.349. The summed E-state index contributed by atoms with van der Waals surface area (Å²) in [5, 5.41) is 0.662. The Morgan fingerprint density at radius 3 is 2.75 bits per heavy atom. The molecule has 16 heavy (non-hydrogen) atoms. The van der Waals surface area contributed by atoms with Gasteiger partial charge in [-0.1, -0.05) is 17.7 Å². The molecule has 4 heteroatoms. The molecule has 0 bridgehead atoms. The zero-order valence-electron chi connectivity index (χ0n) is 8.85. The first-order valence-corrected chi connectivity index (χ1v) is 5.28. The number of aryl methyl sites for hydroxylation is 1. The van der Waals surface area contributed by atoms with E-state index in [1.54, 1.807) is 24.5 Å². The first-order chi connectivity index (χ1) is 7.75. The molecule has 0 N–H and O–H groups in total. The van der Waals surface area contributed by atoms with Crippen LogP contribution in [0.15, 0.2) is 36.7 Å². The maximum Gasteiger partial charge on any atom is 0.166 e. The molecule has 3 nitrogen and oxygen atoms in total. The maximum atomic E-state index is 5.89. The van der Waals surface area contributed by atoms with Crippen LogP contribution in [0, 0.1) is 6.92 Å². The van der Waals surface area contributed by atoms with E-state index < -0.39 is 0 Å². The summed E-state index contributed by atoms with van der Waals surface area (Å²) in [6.07, 6.45) is 3.38. The molecular weight excluding hydrogens is 224 g/mol. The number of benzene rings is 1. The van der Waals surface area contributed by atoms with Gasteiger partial charge in [0.05, 0.1) is 0 Å². The molecule has 0 saturated heterocycles. The summed E-state index contributed by atoms with van der Waals surface area (Å²) in [5.41, 5.74) is 1.04. The van der Waals surface area contributed by atoms with Crippen LogP contribution in [0.5, 0.6) is 5.75 Å². The second-order valence-electron chi connectivity index (χ2n) is 3.36. The van der Waals surface area contributed by atoms with Crippen LogP contribution >= 0.6 is 11.6 Å². The molecule has 2 aromatic rings. The lowest BCUT2D eigenvalue weighted by atomic mass is 10.2. The number of ether oxygens (including phenoxy) is 1. The van der Waals surface area contributed by atoms with E-state index in [0.29, 0.717) is 17.5 Å². The van der Waals surface area contributed by atoms with Gasteiger partial charge in [-0.05, 0) is 30.7 Å². The predicted molar refractivity (Wildman–Crippen MR) is 62.6 cm³/mol. The number of hydrogen-bond acceptors (Lipinski definition) is 3. The molecule has 0 fully saturated rings. The maximum absolute atomic E-state index is 5.89. The van der Waals surface area contributed by atoms with E-state index >= 15 is 0 Å². The average Bonchev–Trinajstić information content (AvgIpc) is 2.32. The molecule has 0 aliphatic heterocycles. The standard InChI is InChI=1S/C12H11ClN2O/c1-9-3-4-10(13)7-11(9)16-8-12-14-5-2-6-15-12/h2-7H,8H2,1H3. The lowest BCUT2D eigenvalue weighted by Crippen LogP contribution is -2.01. The van der Waals surface area contributed by atoms with Crippen molar-refractivity contribution in [3.05, 3.63) is 53.1 Å². The van der Waals surface area contributed by atoms with Crippen LogP contribution in [0.25, 0.3) is 0 Å². The highest BCUT2D eigenvalue weighted by Crippen LogP contribution is 2.22. The first kappa shape index (κ1) is 10.9. The van der Waals surface area contributed by atoms with E-state index in [1.165, 1.54) is 0 Å². The Kier molecular flexibility index (Phi) is 3.37. The fourth-order valence-corrected chi connectivity index (χ4v) is 1.44. The summed E-state index contributed by atoms with van der Waals surface area (Å²) in [6.45, 7) is 2.32. The number of halogens is 1. The molecule has 0 spiro atoms. The van der Waals surface area contributed by atoms with Crippen molar-refractivity contribution >= 4 is 11.6 Å². The molecule has 1 aromatic carbocycles. The number of hydrogen-bond donors (Lipinski definition) is 0. The quantitative estimate of drug-likeness (QED) is 0.819. The smallest absolute Gasteiger partial charge is 0.166 e. The molecule has 0 radical (unpaired) electrons. The molecule has 0 atom stereocenters. The summed E-state index contributed by atoms with van der Waals surface area (Å²) >= 11 is 5.89. The molecule has 1 aromatic heterocycles. The fraction of sp³-hybridized carbons (Fsp3) is 0.167. The van der Waals surface area contributed by atoms with Crippen LogP contribution in [0.3, 0.4) is 0 Å². The van der Waals surface area contributed by atoms with Gasteiger partial charge in [0, 0.05) is 17.4 Å². The molecular formula is C12H11ClN2O. The number of nitrogens with zero attached hydrogens (tertiary/aromatic N) is 2. The van der Waals surface area contributed by atoms with E-state index in [4.69, 9.17) is 16.3 Å². The van der Waals surface area contributed by atoms with Crippen molar-refractivity contribution in [1.29, 1.82) is 0 Å². The third-order valence-electron chi connectivity index (χ3n) is 2.13. The van der Waals surface area contributed by atoms with Gasteiger partial charge in [-0.3, -0.25) is 0 Å². The fourth-order valence-electron chi connectivity index (χ4n) is 1.28. The predicted octanol–water partition coefficient (Wildman–Crippen LogP) is 3.02. The molecule has 82 valence electrons. The molecule has 0 aliphatic rings. The summed E-state index contributed by atoms with van der Waals surface area (Å²) < 4.78 is 5.59. The third kappa shape index (κ3) is 2.70. The summed E-state index contributed by atoms with van der Waals surface area (Å²) in [7, 11) is 0. The highest BCUT2D eigenvalue weighted by atomic mass is 35.5. The number of aromatic nitrogens is 2. The van der Waals surface area contributed by atoms with Crippen LogP contribution in [-0.2, 0) is 6.61 Å². The third-order valence-corrected chi connectivity index (χ3v) is 2.36. The van der Waals surface area contributed by atoms with Crippen LogP contribution in [0.2, 0.25) is 5.02 Å². The van der Waals surface area contributed by atoms with E-state index in [1.807, 2.05) is 19.1 Å². The van der Waals surface area contributed by atoms with Crippen molar-refractivity contribution in [2.45, 2.75) is 13.5 Å². The van der Waals surface area contributed by atoms with Gasteiger partial charge in [0.25, 0.3) is 0 Å². The Morgan fingerprint density at radius 1 is 1.25 bits per heavy atom. The van der Waals surface area contributed by atoms with Crippen molar-refractivity contribution in [1.82, 2.24) is 9.97 Å². The minimum atomic E-state index is 0.349. The van der Waals surface area contributed by atoms with Crippen molar-refractivity contribution in [2.24, 2.45) is 0 Å². The van der Waals surface area contributed by atoms with E-state index in [0.717, 1.165) is 11.3 Å². The van der Waals surface area contributed by atoms with Gasteiger partial charge in [0.2, 0.25) is 0 Å². The lowest BCUT2D eigenvalue weighted by molar-refractivity contribution is 0.294. The van der Waals surface area contributed by atoms with Crippen LogP contribution < -0.4 is 4.74 Å². The SMILES string of the molecule is Cc1ccc(Cl)cc1OCc1ncccn1. The van der Waals surface area contributed by atoms with Crippen LogP contribution in [0.4, 0.5) is 0 Å². The van der Waals surface area contributed by atoms with Crippen LogP contribution in [0.1, 0.15) is 11.4 Å². The second-order valence-corrected chi connectivity index (χ2v) is 3.80. The van der Waals surface area contributed by atoms with Gasteiger partial charge >= 0.3 is 0 Å². The van der Waals surface area contributed by atoms with Crippen molar-refractivity contribution < 1.29 is 4.74 Å². The Morgan fingerprint density at radius 2 is 2.00 bits per heavy atom. The summed E-state index contributed by atoms with van der Waals surface area (Å²) in [4.78, 5) is 8.15. The second kappa shape index (κ2) is 4.94. The molecule has 1 heterocycles. The summed E-state index contributed by atoms with van der Waals surface area (Å²) in [6, 6.07) is 7.32. The largest absolute Gasteiger partial charge is 0.485 e. The highest BCUT2D eigenvalue weighted by molar-refractivity contribution is 6.30. The monoisotopic (exact) mass is 234 g/mol. The van der Waals surface area contributed by atoms with Crippen molar-refractivity contribution in [3.8, 4) is 5.75 Å².